The number of rotatable bonds is 5. The number of nitrogens with zero attached hydrogens (tertiary/aromatic N) is 2. The first-order valence-corrected chi connectivity index (χ1v) is 6.60. The van der Waals surface area contributed by atoms with Gasteiger partial charge in [-0.2, -0.15) is 0 Å². The summed E-state index contributed by atoms with van der Waals surface area (Å²) in [6, 6.07) is 0. The zero-order chi connectivity index (χ0) is 13.9. The van der Waals surface area contributed by atoms with Gasteiger partial charge in [0.05, 0.1) is 0 Å². The van der Waals surface area contributed by atoms with Crippen molar-refractivity contribution in [2.24, 2.45) is 11.3 Å². The number of nitrogens with one attached hydrogen (secondary N) is 1. The number of aromatic nitrogens is 2. The molecular weight excluding hydrogens is 224 g/mol. The molecule has 0 fully saturated rings. The predicted molar refractivity (Wildman–Crippen MR) is 77.6 cm³/mol. The Morgan fingerprint density at radius 3 is 2.33 bits per heavy atom. The lowest BCUT2D eigenvalue weighted by atomic mass is 9.81. The molecule has 0 bridgehead atoms. The second-order valence-corrected chi connectivity index (χ2v) is 6.17. The van der Waals surface area contributed by atoms with E-state index < -0.39 is 0 Å². The van der Waals surface area contributed by atoms with E-state index in [0.717, 1.165) is 17.9 Å². The number of nitrogens with two attached hydrogens (primary N) is 1. The van der Waals surface area contributed by atoms with Crippen LogP contribution in [0.2, 0.25) is 0 Å². The molecule has 4 heteroatoms. The number of nitrogen functional groups attached to an aromatic ring is 1. The van der Waals surface area contributed by atoms with Crippen molar-refractivity contribution in [3.05, 3.63) is 11.9 Å². The fourth-order valence-corrected chi connectivity index (χ4v) is 1.63. The standard InChI is InChI=1S/C14H26N4/c1-9(2)11-12(15)17-8-18-13(11)16-7-14(5,6)10(3)4/h8-10H,7H2,1-6H3,(H3,15,16,17,18). The molecule has 0 radical (unpaired) electrons. The van der Waals surface area contributed by atoms with Gasteiger partial charge in [-0.25, -0.2) is 9.97 Å². The number of hydrogen-bond donors (Lipinski definition) is 2. The molecule has 0 unspecified atom stereocenters. The van der Waals surface area contributed by atoms with Gasteiger partial charge in [0.2, 0.25) is 0 Å². The van der Waals surface area contributed by atoms with Gasteiger partial charge in [0.25, 0.3) is 0 Å². The Morgan fingerprint density at radius 2 is 1.83 bits per heavy atom. The zero-order valence-corrected chi connectivity index (χ0v) is 12.4. The molecule has 0 aliphatic rings. The van der Waals surface area contributed by atoms with Crippen molar-refractivity contribution < 1.29 is 0 Å². The van der Waals surface area contributed by atoms with Crippen molar-refractivity contribution in [2.45, 2.75) is 47.5 Å². The molecule has 0 saturated carbocycles. The molecule has 0 aliphatic heterocycles. The molecule has 0 spiro atoms. The Balaban J connectivity index is 2.89. The van der Waals surface area contributed by atoms with Crippen LogP contribution in [0.25, 0.3) is 0 Å². The maximum atomic E-state index is 5.93. The van der Waals surface area contributed by atoms with E-state index in [1.165, 1.54) is 6.33 Å². The van der Waals surface area contributed by atoms with E-state index in [1.807, 2.05) is 0 Å². The third-order valence-electron chi connectivity index (χ3n) is 3.77. The molecule has 18 heavy (non-hydrogen) atoms. The maximum absolute atomic E-state index is 5.93. The largest absolute Gasteiger partial charge is 0.383 e. The minimum Gasteiger partial charge on any atom is -0.383 e. The predicted octanol–water partition coefficient (Wildman–Crippen LogP) is 3.28. The van der Waals surface area contributed by atoms with Crippen LogP contribution in [0.1, 0.15) is 53.0 Å². The van der Waals surface area contributed by atoms with E-state index in [1.54, 1.807) is 0 Å². The lowest BCUT2D eigenvalue weighted by Gasteiger charge is -2.30. The highest BCUT2D eigenvalue weighted by Crippen LogP contribution is 2.29. The van der Waals surface area contributed by atoms with E-state index >= 15 is 0 Å². The molecule has 102 valence electrons. The van der Waals surface area contributed by atoms with Gasteiger partial charge >= 0.3 is 0 Å². The van der Waals surface area contributed by atoms with Crippen LogP contribution in [0.4, 0.5) is 11.6 Å². The molecule has 1 heterocycles. The van der Waals surface area contributed by atoms with Crippen LogP contribution in [0.3, 0.4) is 0 Å². The van der Waals surface area contributed by atoms with E-state index in [2.05, 4.69) is 56.8 Å². The van der Waals surface area contributed by atoms with Crippen molar-refractivity contribution in [3.8, 4) is 0 Å². The summed E-state index contributed by atoms with van der Waals surface area (Å²) in [5, 5.41) is 3.43. The van der Waals surface area contributed by atoms with Gasteiger partial charge in [-0.3, -0.25) is 0 Å². The van der Waals surface area contributed by atoms with Crippen LogP contribution in [-0.4, -0.2) is 16.5 Å². The molecule has 0 amide bonds. The number of anilines is 2. The molecule has 1 aromatic rings. The maximum Gasteiger partial charge on any atom is 0.134 e. The molecule has 1 rings (SSSR count). The molecule has 0 saturated heterocycles. The van der Waals surface area contributed by atoms with E-state index in [4.69, 9.17) is 5.73 Å². The van der Waals surface area contributed by atoms with Gasteiger partial charge in [-0.15, -0.1) is 0 Å². The van der Waals surface area contributed by atoms with Gasteiger partial charge in [0.1, 0.15) is 18.0 Å². The molecule has 3 N–H and O–H groups in total. The molecule has 4 nitrogen and oxygen atoms in total. The summed E-state index contributed by atoms with van der Waals surface area (Å²) in [5.74, 6) is 2.36. The van der Waals surface area contributed by atoms with Gasteiger partial charge in [-0.1, -0.05) is 41.5 Å². The Kier molecular flexibility index (Phi) is 4.54. The van der Waals surface area contributed by atoms with Crippen molar-refractivity contribution in [1.82, 2.24) is 9.97 Å². The third kappa shape index (κ3) is 3.34. The van der Waals surface area contributed by atoms with Crippen molar-refractivity contribution in [1.29, 1.82) is 0 Å². The second kappa shape index (κ2) is 5.55. The summed E-state index contributed by atoms with van der Waals surface area (Å²) >= 11 is 0. The Hall–Kier alpha value is -1.32. The zero-order valence-electron chi connectivity index (χ0n) is 12.4. The highest BCUT2D eigenvalue weighted by atomic mass is 15.0. The van der Waals surface area contributed by atoms with Crippen LogP contribution in [0, 0.1) is 11.3 Å². The van der Waals surface area contributed by atoms with E-state index in [0.29, 0.717) is 17.7 Å². The van der Waals surface area contributed by atoms with Crippen LogP contribution < -0.4 is 11.1 Å². The first-order chi connectivity index (χ1) is 8.25. The van der Waals surface area contributed by atoms with E-state index in [9.17, 15) is 0 Å². The average molecular weight is 250 g/mol. The molecular formula is C14H26N4. The number of hydrogen-bond acceptors (Lipinski definition) is 4. The minimum absolute atomic E-state index is 0.216. The van der Waals surface area contributed by atoms with Crippen molar-refractivity contribution >= 4 is 11.6 Å². The lowest BCUT2D eigenvalue weighted by molar-refractivity contribution is 0.269. The average Bonchev–Trinajstić information content (AvgIpc) is 2.25. The quantitative estimate of drug-likeness (QED) is 0.841. The fourth-order valence-electron chi connectivity index (χ4n) is 1.63. The molecule has 0 aliphatic carbocycles. The second-order valence-electron chi connectivity index (χ2n) is 6.17. The summed E-state index contributed by atoms with van der Waals surface area (Å²) in [6.07, 6.45) is 1.52. The van der Waals surface area contributed by atoms with Crippen LogP contribution in [0.5, 0.6) is 0 Å². The van der Waals surface area contributed by atoms with Crippen LogP contribution in [-0.2, 0) is 0 Å². The normalized spacial score (nSPS) is 12.2. The Labute approximate surface area is 110 Å². The Bertz CT molecular complexity index is 397. The smallest absolute Gasteiger partial charge is 0.134 e. The highest BCUT2D eigenvalue weighted by Gasteiger charge is 2.23. The fraction of sp³-hybridized carbons (Fsp3) is 0.714. The van der Waals surface area contributed by atoms with Gasteiger partial charge in [0, 0.05) is 12.1 Å². The first-order valence-electron chi connectivity index (χ1n) is 6.60. The third-order valence-corrected chi connectivity index (χ3v) is 3.77. The summed E-state index contributed by atoms with van der Waals surface area (Å²) in [5.41, 5.74) is 7.16. The van der Waals surface area contributed by atoms with Crippen LogP contribution >= 0.6 is 0 Å². The monoisotopic (exact) mass is 250 g/mol. The molecule has 0 aromatic carbocycles. The van der Waals surface area contributed by atoms with Crippen LogP contribution in [0.15, 0.2) is 6.33 Å². The van der Waals surface area contributed by atoms with Gasteiger partial charge < -0.3 is 11.1 Å². The van der Waals surface area contributed by atoms with E-state index in [-0.39, 0.29) is 5.41 Å². The topological polar surface area (TPSA) is 63.8 Å². The minimum atomic E-state index is 0.216. The summed E-state index contributed by atoms with van der Waals surface area (Å²) in [7, 11) is 0. The summed E-state index contributed by atoms with van der Waals surface area (Å²) in [6.45, 7) is 14.1. The van der Waals surface area contributed by atoms with Crippen molar-refractivity contribution in [3.63, 3.8) is 0 Å². The SMILES string of the molecule is CC(C)c1c(N)ncnc1NCC(C)(C)C(C)C. The molecule has 1 aromatic heterocycles. The first kappa shape index (κ1) is 14.7. The van der Waals surface area contributed by atoms with Crippen molar-refractivity contribution in [2.75, 3.05) is 17.6 Å². The molecule has 0 atom stereocenters. The summed E-state index contributed by atoms with van der Waals surface area (Å²) < 4.78 is 0. The Morgan fingerprint density at radius 1 is 1.22 bits per heavy atom. The lowest BCUT2D eigenvalue weighted by Crippen LogP contribution is -2.29. The van der Waals surface area contributed by atoms with Gasteiger partial charge in [0.15, 0.2) is 0 Å². The highest BCUT2D eigenvalue weighted by molar-refractivity contribution is 5.56. The summed E-state index contributed by atoms with van der Waals surface area (Å²) in [4.78, 5) is 8.39. The van der Waals surface area contributed by atoms with Gasteiger partial charge in [-0.05, 0) is 17.3 Å².